The molecule has 1 heterocycles. The molecule has 1 saturated heterocycles. The highest BCUT2D eigenvalue weighted by molar-refractivity contribution is 4.87. The zero-order valence-corrected chi connectivity index (χ0v) is 13.0. The van der Waals surface area contributed by atoms with Crippen molar-refractivity contribution >= 4 is 0 Å². The lowest BCUT2D eigenvalue weighted by Gasteiger charge is -2.42. The van der Waals surface area contributed by atoms with Gasteiger partial charge in [0, 0.05) is 25.7 Å². The van der Waals surface area contributed by atoms with Crippen molar-refractivity contribution in [3.05, 3.63) is 0 Å². The van der Waals surface area contributed by atoms with Crippen molar-refractivity contribution in [1.82, 2.24) is 4.90 Å². The van der Waals surface area contributed by atoms with E-state index in [-0.39, 0.29) is 5.60 Å². The molecule has 2 aliphatic rings. The first-order valence-corrected chi connectivity index (χ1v) is 8.12. The summed E-state index contributed by atoms with van der Waals surface area (Å²) in [5.41, 5.74) is 6.38. The van der Waals surface area contributed by atoms with Crippen molar-refractivity contribution in [2.24, 2.45) is 17.6 Å². The molecule has 19 heavy (non-hydrogen) atoms. The molecule has 1 aliphatic carbocycles. The van der Waals surface area contributed by atoms with Gasteiger partial charge < -0.3 is 10.5 Å². The molecule has 0 spiro atoms. The maximum atomic E-state index is 6.36. The van der Waals surface area contributed by atoms with E-state index in [0.717, 1.165) is 25.6 Å². The van der Waals surface area contributed by atoms with Gasteiger partial charge in [-0.15, -0.1) is 0 Å². The summed E-state index contributed by atoms with van der Waals surface area (Å²) in [5, 5.41) is 0. The van der Waals surface area contributed by atoms with Gasteiger partial charge in [-0.1, -0.05) is 19.8 Å². The van der Waals surface area contributed by atoms with Crippen LogP contribution in [-0.4, -0.2) is 42.8 Å². The minimum Gasteiger partial charge on any atom is -0.373 e. The first kappa shape index (κ1) is 15.3. The molecule has 1 aliphatic heterocycles. The Kier molecular flexibility index (Phi) is 5.27. The SMILES string of the molecule is CCCC1CCC(N)C(CN2CCOC(C)(C)C2)C1. The van der Waals surface area contributed by atoms with Crippen LogP contribution in [0.15, 0.2) is 0 Å². The molecule has 3 unspecified atom stereocenters. The Balaban J connectivity index is 1.85. The summed E-state index contributed by atoms with van der Waals surface area (Å²) >= 11 is 0. The number of hydrogen-bond donors (Lipinski definition) is 1. The molecule has 2 fully saturated rings. The Morgan fingerprint density at radius 2 is 2.11 bits per heavy atom. The highest BCUT2D eigenvalue weighted by Gasteiger charge is 2.32. The van der Waals surface area contributed by atoms with E-state index >= 15 is 0 Å². The Morgan fingerprint density at radius 1 is 1.32 bits per heavy atom. The smallest absolute Gasteiger partial charge is 0.0753 e. The van der Waals surface area contributed by atoms with Crippen LogP contribution in [0.5, 0.6) is 0 Å². The van der Waals surface area contributed by atoms with E-state index in [9.17, 15) is 0 Å². The monoisotopic (exact) mass is 268 g/mol. The first-order valence-electron chi connectivity index (χ1n) is 8.12. The number of nitrogens with two attached hydrogens (primary N) is 1. The highest BCUT2D eigenvalue weighted by Crippen LogP contribution is 2.32. The van der Waals surface area contributed by atoms with Gasteiger partial charge in [0.2, 0.25) is 0 Å². The zero-order valence-electron chi connectivity index (χ0n) is 13.0. The number of rotatable bonds is 4. The summed E-state index contributed by atoms with van der Waals surface area (Å²) in [7, 11) is 0. The fourth-order valence-electron chi connectivity index (χ4n) is 3.87. The summed E-state index contributed by atoms with van der Waals surface area (Å²) in [6.45, 7) is 10.9. The molecule has 3 heteroatoms. The molecular weight excluding hydrogens is 236 g/mol. The van der Waals surface area contributed by atoms with Gasteiger partial charge in [0.1, 0.15) is 0 Å². The van der Waals surface area contributed by atoms with Crippen LogP contribution >= 0.6 is 0 Å². The van der Waals surface area contributed by atoms with E-state index in [4.69, 9.17) is 10.5 Å². The van der Waals surface area contributed by atoms with E-state index in [2.05, 4.69) is 25.7 Å². The average Bonchev–Trinajstić information content (AvgIpc) is 2.32. The van der Waals surface area contributed by atoms with Gasteiger partial charge in [0.15, 0.2) is 0 Å². The third-order valence-corrected chi connectivity index (χ3v) is 4.84. The van der Waals surface area contributed by atoms with E-state index in [1.807, 2.05) is 0 Å². The molecule has 112 valence electrons. The van der Waals surface area contributed by atoms with Crippen LogP contribution in [0, 0.1) is 11.8 Å². The maximum Gasteiger partial charge on any atom is 0.0753 e. The van der Waals surface area contributed by atoms with E-state index in [0.29, 0.717) is 12.0 Å². The van der Waals surface area contributed by atoms with Crippen LogP contribution in [0.25, 0.3) is 0 Å². The fourth-order valence-corrected chi connectivity index (χ4v) is 3.87. The minimum absolute atomic E-state index is 0.0137. The second-order valence-corrected chi connectivity index (χ2v) is 7.23. The molecule has 3 nitrogen and oxygen atoms in total. The largest absolute Gasteiger partial charge is 0.373 e. The average molecular weight is 268 g/mol. The van der Waals surface area contributed by atoms with Gasteiger partial charge >= 0.3 is 0 Å². The Labute approximate surface area is 118 Å². The molecule has 0 bridgehead atoms. The van der Waals surface area contributed by atoms with Crippen LogP contribution < -0.4 is 5.73 Å². The standard InChI is InChI=1S/C16H32N2O/c1-4-5-13-6-7-15(17)14(10-13)11-18-8-9-19-16(2,3)12-18/h13-15H,4-12,17H2,1-3H3. The second-order valence-electron chi connectivity index (χ2n) is 7.23. The predicted molar refractivity (Wildman–Crippen MR) is 80.2 cm³/mol. The normalized spacial score (nSPS) is 36.3. The van der Waals surface area contributed by atoms with Crippen LogP contribution in [-0.2, 0) is 4.74 Å². The Morgan fingerprint density at radius 3 is 2.79 bits per heavy atom. The van der Waals surface area contributed by atoms with E-state index in [1.165, 1.54) is 38.6 Å². The Bertz CT molecular complexity index is 280. The number of hydrogen-bond acceptors (Lipinski definition) is 3. The van der Waals surface area contributed by atoms with Gasteiger partial charge in [0.25, 0.3) is 0 Å². The van der Waals surface area contributed by atoms with Crippen LogP contribution in [0.4, 0.5) is 0 Å². The van der Waals surface area contributed by atoms with Crippen molar-refractivity contribution in [3.8, 4) is 0 Å². The molecule has 1 saturated carbocycles. The van der Waals surface area contributed by atoms with Crippen LogP contribution in [0.1, 0.15) is 52.9 Å². The second kappa shape index (κ2) is 6.55. The molecule has 2 rings (SSSR count). The van der Waals surface area contributed by atoms with Crippen molar-refractivity contribution in [2.75, 3.05) is 26.2 Å². The number of nitrogens with zero attached hydrogens (tertiary/aromatic N) is 1. The lowest BCUT2D eigenvalue weighted by atomic mass is 9.76. The topological polar surface area (TPSA) is 38.5 Å². The predicted octanol–water partition coefficient (Wildman–Crippen LogP) is 2.64. The quantitative estimate of drug-likeness (QED) is 0.852. The van der Waals surface area contributed by atoms with E-state index < -0.39 is 0 Å². The summed E-state index contributed by atoms with van der Waals surface area (Å²) in [6.07, 6.45) is 6.62. The fraction of sp³-hybridized carbons (Fsp3) is 1.00. The molecule has 0 radical (unpaired) electrons. The third-order valence-electron chi connectivity index (χ3n) is 4.84. The molecule has 0 aromatic heterocycles. The summed E-state index contributed by atoms with van der Waals surface area (Å²) in [5.74, 6) is 1.61. The lowest BCUT2D eigenvalue weighted by molar-refractivity contribution is -0.0909. The molecule has 3 atom stereocenters. The van der Waals surface area contributed by atoms with E-state index in [1.54, 1.807) is 0 Å². The molecular formula is C16H32N2O. The first-order chi connectivity index (χ1) is 9.00. The highest BCUT2D eigenvalue weighted by atomic mass is 16.5. The number of morpholine rings is 1. The number of ether oxygens (including phenoxy) is 1. The molecule has 0 amide bonds. The van der Waals surface area contributed by atoms with Gasteiger partial charge in [0.05, 0.1) is 12.2 Å². The summed E-state index contributed by atoms with van der Waals surface area (Å²) < 4.78 is 5.80. The molecule has 2 N–H and O–H groups in total. The van der Waals surface area contributed by atoms with Gasteiger partial charge in [-0.25, -0.2) is 0 Å². The van der Waals surface area contributed by atoms with Crippen LogP contribution in [0.3, 0.4) is 0 Å². The van der Waals surface area contributed by atoms with Gasteiger partial charge in [-0.05, 0) is 44.9 Å². The zero-order chi connectivity index (χ0) is 13.9. The third kappa shape index (κ3) is 4.44. The van der Waals surface area contributed by atoms with Crippen molar-refractivity contribution in [2.45, 2.75) is 64.5 Å². The Hall–Kier alpha value is -0.120. The maximum absolute atomic E-state index is 6.36. The summed E-state index contributed by atoms with van der Waals surface area (Å²) in [6, 6.07) is 0.416. The van der Waals surface area contributed by atoms with Crippen molar-refractivity contribution in [1.29, 1.82) is 0 Å². The minimum atomic E-state index is 0.0137. The molecule has 0 aromatic carbocycles. The van der Waals surface area contributed by atoms with Gasteiger partial charge in [-0.3, -0.25) is 4.90 Å². The van der Waals surface area contributed by atoms with Crippen LogP contribution in [0.2, 0.25) is 0 Å². The summed E-state index contributed by atoms with van der Waals surface area (Å²) in [4.78, 5) is 2.57. The van der Waals surface area contributed by atoms with Gasteiger partial charge in [-0.2, -0.15) is 0 Å². The van der Waals surface area contributed by atoms with Crippen molar-refractivity contribution in [3.63, 3.8) is 0 Å². The van der Waals surface area contributed by atoms with Crippen molar-refractivity contribution < 1.29 is 4.74 Å². The molecule has 0 aromatic rings. The lowest BCUT2D eigenvalue weighted by Crippen LogP contribution is -2.52.